The van der Waals surface area contributed by atoms with Gasteiger partial charge in [0, 0.05) is 34.0 Å². The monoisotopic (exact) mass is 1620 g/mol. The second-order valence-electron chi connectivity index (χ2n) is 33.9. The first kappa shape index (κ1) is 75.2. The molecular formula is C126H84N2. The molecule has 0 bridgehead atoms. The van der Waals surface area contributed by atoms with E-state index in [1.54, 1.807) is 0 Å². The molecule has 1 unspecified atom stereocenters. The summed E-state index contributed by atoms with van der Waals surface area (Å²) in [5, 5.41) is 9.77. The number of hydrogen-bond acceptors (Lipinski definition) is 2. The highest BCUT2D eigenvalue weighted by molar-refractivity contribution is 6.15. The van der Waals surface area contributed by atoms with E-state index < -0.39 is 10.8 Å². The van der Waals surface area contributed by atoms with Crippen molar-refractivity contribution in [1.82, 2.24) is 0 Å². The van der Waals surface area contributed by atoms with Crippen LogP contribution in [0.15, 0.2) is 510 Å². The van der Waals surface area contributed by atoms with Gasteiger partial charge in [0.05, 0.1) is 16.5 Å². The average Bonchev–Trinajstić information content (AvgIpc) is 1.57. The fourth-order valence-corrected chi connectivity index (χ4v) is 21.6. The Labute approximate surface area is 746 Å². The van der Waals surface area contributed by atoms with Gasteiger partial charge in [0.25, 0.3) is 0 Å². The van der Waals surface area contributed by atoms with E-state index >= 15 is 0 Å². The van der Waals surface area contributed by atoms with Crippen LogP contribution in [0.25, 0.3) is 143 Å². The van der Waals surface area contributed by atoms with Crippen LogP contribution in [0.4, 0.5) is 34.1 Å². The molecule has 22 aromatic rings. The van der Waals surface area contributed by atoms with Gasteiger partial charge in [0.15, 0.2) is 0 Å². The minimum absolute atomic E-state index is 0.503. The Bertz CT molecular complexity index is 7980. The van der Waals surface area contributed by atoms with Gasteiger partial charge < -0.3 is 9.80 Å². The van der Waals surface area contributed by atoms with E-state index in [9.17, 15) is 0 Å². The van der Waals surface area contributed by atoms with E-state index in [4.69, 9.17) is 0 Å². The van der Waals surface area contributed by atoms with Crippen LogP contribution >= 0.6 is 0 Å². The highest BCUT2D eigenvalue weighted by atomic mass is 15.1. The second-order valence-corrected chi connectivity index (χ2v) is 33.9. The molecule has 128 heavy (non-hydrogen) atoms. The first-order valence-electron chi connectivity index (χ1n) is 44.4. The minimum Gasteiger partial charge on any atom is -0.310 e. The van der Waals surface area contributed by atoms with Gasteiger partial charge in [0.1, 0.15) is 0 Å². The maximum Gasteiger partial charge on any atom is 0.0714 e. The van der Waals surface area contributed by atoms with Crippen molar-refractivity contribution >= 4 is 77.2 Å². The van der Waals surface area contributed by atoms with E-state index in [0.717, 1.165) is 78.6 Å². The molecule has 22 aromatic carbocycles. The van der Waals surface area contributed by atoms with Crippen LogP contribution in [0.3, 0.4) is 0 Å². The smallest absolute Gasteiger partial charge is 0.0714 e. The highest BCUT2D eigenvalue weighted by Gasteiger charge is 2.49. The molecule has 598 valence electrons. The Morgan fingerprint density at radius 2 is 0.500 bits per heavy atom. The fourth-order valence-electron chi connectivity index (χ4n) is 21.6. The van der Waals surface area contributed by atoms with Gasteiger partial charge in [0.2, 0.25) is 0 Å². The maximum atomic E-state index is 2.49. The molecule has 0 spiro atoms. The van der Waals surface area contributed by atoms with Crippen molar-refractivity contribution in [3.63, 3.8) is 0 Å². The van der Waals surface area contributed by atoms with Gasteiger partial charge in [-0.25, -0.2) is 0 Å². The van der Waals surface area contributed by atoms with E-state index in [-0.39, 0.29) is 0 Å². The molecule has 0 radical (unpaired) electrons. The first-order chi connectivity index (χ1) is 63.5. The Morgan fingerprint density at radius 3 is 1.12 bits per heavy atom. The molecule has 0 aromatic heterocycles. The van der Waals surface area contributed by atoms with E-state index in [1.165, 1.54) is 143 Å². The molecule has 0 heterocycles. The molecule has 0 amide bonds. The molecule has 0 aliphatic heterocycles. The highest BCUT2D eigenvalue weighted by Crippen LogP contribution is 2.61. The van der Waals surface area contributed by atoms with Crippen molar-refractivity contribution < 1.29 is 0 Å². The van der Waals surface area contributed by atoms with Gasteiger partial charge in [-0.05, 0) is 267 Å². The van der Waals surface area contributed by atoms with Crippen molar-refractivity contribution in [2.24, 2.45) is 0 Å². The van der Waals surface area contributed by atoms with Crippen LogP contribution in [-0.2, 0) is 10.8 Å². The Balaban J connectivity index is 0.607. The van der Waals surface area contributed by atoms with Gasteiger partial charge in [-0.2, -0.15) is 0 Å². The lowest BCUT2D eigenvalue weighted by molar-refractivity contribution is 0.768. The SMILES string of the molecule is c1ccc(-c2ccc(-c3ccccc3N(c3ccccc3)c3ccc(-c4cccc5c4-c4ccccc4C5(c4ccccc4)c4ccccc4)cc3)c3ccc(-c4cccc(C5(c6ccccc6)c6ccccc6-c6c(-c7ccc(N(c8ccc(-c9cccc%10ccccc9%10)cc8)c8cccc(-c9cc%10ccccc%10c%10ccccc9%10)c8)cc7)cccc65)c4)cc23)cc1. The van der Waals surface area contributed by atoms with Gasteiger partial charge in [-0.3, -0.25) is 0 Å². The van der Waals surface area contributed by atoms with Crippen molar-refractivity contribution in [2.75, 3.05) is 9.80 Å². The molecule has 2 nitrogen and oxygen atoms in total. The third-order valence-electron chi connectivity index (χ3n) is 27.2. The number of anilines is 6. The lowest BCUT2D eigenvalue weighted by Gasteiger charge is -2.34. The van der Waals surface area contributed by atoms with E-state index in [0.29, 0.717) is 0 Å². The molecule has 2 aliphatic carbocycles. The van der Waals surface area contributed by atoms with E-state index in [1.807, 2.05) is 0 Å². The molecule has 0 saturated carbocycles. The predicted molar refractivity (Wildman–Crippen MR) is 538 cm³/mol. The Kier molecular flexibility index (Phi) is 18.4. The average molecular weight is 1630 g/mol. The molecule has 0 saturated heterocycles. The molecule has 2 aliphatic rings. The zero-order valence-corrected chi connectivity index (χ0v) is 70.4. The number of hydrogen-bond donors (Lipinski definition) is 0. The fraction of sp³-hybridized carbons (Fsp3) is 0.0159. The molecule has 2 heteroatoms. The third-order valence-corrected chi connectivity index (χ3v) is 27.2. The molecular weight excluding hydrogens is 1540 g/mol. The van der Waals surface area contributed by atoms with Gasteiger partial charge >= 0.3 is 0 Å². The number of fused-ring (bicyclic) bond motifs is 11. The number of nitrogens with zero attached hydrogens (tertiary/aromatic N) is 2. The Morgan fingerprint density at radius 1 is 0.141 bits per heavy atom. The topological polar surface area (TPSA) is 6.48 Å². The number of rotatable bonds is 17. The molecule has 0 N–H and O–H groups in total. The van der Waals surface area contributed by atoms with Crippen LogP contribution in [0.1, 0.15) is 44.5 Å². The first-order valence-corrected chi connectivity index (χ1v) is 44.4. The van der Waals surface area contributed by atoms with Gasteiger partial charge in [-0.15, -0.1) is 0 Å². The summed E-state index contributed by atoms with van der Waals surface area (Å²) in [6, 6.07) is 190. The lowest BCUT2D eigenvalue weighted by atomic mass is 9.67. The van der Waals surface area contributed by atoms with Crippen molar-refractivity contribution in [1.29, 1.82) is 0 Å². The normalized spacial score (nSPS) is 13.4. The maximum absolute atomic E-state index is 2.49. The Hall–Kier alpha value is -16.5. The van der Waals surface area contributed by atoms with E-state index in [2.05, 4.69) is 519 Å². The predicted octanol–water partition coefficient (Wildman–Crippen LogP) is 33.6. The van der Waals surface area contributed by atoms with Crippen LogP contribution < -0.4 is 9.80 Å². The van der Waals surface area contributed by atoms with Crippen molar-refractivity contribution in [3.8, 4) is 100 Å². The largest absolute Gasteiger partial charge is 0.310 e. The second kappa shape index (κ2) is 31.4. The lowest BCUT2D eigenvalue weighted by Crippen LogP contribution is -2.28. The van der Waals surface area contributed by atoms with Crippen molar-refractivity contribution in [2.45, 2.75) is 10.8 Å². The standard InChI is InChI=1S/C126H84N2/c1-6-33-85(34-7-1)106-79-80-111(113-54-24-27-64-122(113)128(98-47-14-5-15-48-98)101-76-69-89(70-77-101)107-58-31-62-120-123(107)114-55-22-25-60-118(114)125(120,94-40-8-2-9-41-94)95-42-10-3-11-43-95)112-78-71-91(83-117(106)112)90-38-28-46-97(81-90)126(96-44-12-4-13-45-96)119-61-26-23-56-115(119)124-108(59-32-63-121(124)126)88-67-74-100(75-68-88)127(99-72-65-87(66-73-99)104-57-30-37-86-35-16-18-50-103(86)104)102-49-29-39-92(82-102)116-84-93-36-17-19-51-105(93)109-52-20-21-53-110(109)116/h1-84H. The summed E-state index contributed by atoms with van der Waals surface area (Å²) in [4.78, 5) is 4.86. The van der Waals surface area contributed by atoms with Crippen LogP contribution in [0.2, 0.25) is 0 Å². The number of benzene rings is 22. The zero-order chi connectivity index (χ0) is 84.6. The quantitative estimate of drug-likeness (QED) is 0.0839. The summed E-state index contributed by atoms with van der Waals surface area (Å²) in [6.07, 6.45) is 0. The summed E-state index contributed by atoms with van der Waals surface area (Å²) < 4.78 is 0. The molecule has 0 fully saturated rings. The van der Waals surface area contributed by atoms with Crippen LogP contribution in [0, 0.1) is 0 Å². The van der Waals surface area contributed by atoms with Crippen molar-refractivity contribution in [3.05, 3.63) is 554 Å². The number of para-hydroxylation sites is 2. The minimum atomic E-state index is -0.699. The van der Waals surface area contributed by atoms with Crippen LogP contribution in [0.5, 0.6) is 0 Å². The summed E-state index contributed by atoms with van der Waals surface area (Å²) >= 11 is 0. The molecule has 24 rings (SSSR count). The van der Waals surface area contributed by atoms with Crippen LogP contribution in [-0.4, -0.2) is 0 Å². The summed E-state index contributed by atoms with van der Waals surface area (Å²) in [5.74, 6) is 0. The summed E-state index contributed by atoms with van der Waals surface area (Å²) in [6.45, 7) is 0. The molecule has 1 atom stereocenters. The third kappa shape index (κ3) is 12.3. The zero-order valence-electron chi connectivity index (χ0n) is 70.4. The summed E-state index contributed by atoms with van der Waals surface area (Å²) in [7, 11) is 0. The van der Waals surface area contributed by atoms with Gasteiger partial charge in [-0.1, -0.05) is 425 Å². The summed E-state index contributed by atoms with van der Waals surface area (Å²) in [5.41, 5.74) is 36.6.